The molecule has 1 aromatic heterocycles. The number of amides is 1. The van der Waals surface area contributed by atoms with E-state index in [0.29, 0.717) is 18.2 Å². The summed E-state index contributed by atoms with van der Waals surface area (Å²) in [5.41, 5.74) is 2.09. The third-order valence-corrected chi connectivity index (χ3v) is 2.46. The average Bonchev–Trinajstić information content (AvgIpc) is 2.41. The quantitative estimate of drug-likeness (QED) is 0.894. The van der Waals surface area contributed by atoms with Crippen molar-refractivity contribution < 1.29 is 9.53 Å². The third kappa shape index (κ3) is 3.94. The van der Waals surface area contributed by atoms with Crippen LogP contribution in [0, 0.1) is 6.92 Å². The minimum Gasteiger partial charge on any atom is -0.450 e. The Balaban J connectivity index is 1.99. The highest BCUT2D eigenvalue weighted by Gasteiger charge is 2.04. The second-order valence-electron chi connectivity index (χ2n) is 4.14. The van der Waals surface area contributed by atoms with Gasteiger partial charge in [0.1, 0.15) is 0 Å². The third-order valence-electron chi connectivity index (χ3n) is 2.46. The zero-order chi connectivity index (χ0) is 14.4. The number of hydrogen-bond acceptors (Lipinski definition) is 5. The molecule has 1 amide bonds. The van der Waals surface area contributed by atoms with Crippen LogP contribution in [0.1, 0.15) is 12.5 Å². The molecule has 0 saturated heterocycles. The summed E-state index contributed by atoms with van der Waals surface area (Å²) in [4.78, 5) is 11.2. The Morgan fingerprint density at radius 3 is 2.60 bits per heavy atom. The van der Waals surface area contributed by atoms with Crippen molar-refractivity contribution in [2.45, 2.75) is 13.8 Å². The van der Waals surface area contributed by atoms with Crippen molar-refractivity contribution >= 4 is 23.4 Å². The summed E-state index contributed by atoms with van der Waals surface area (Å²) in [7, 11) is 0. The van der Waals surface area contributed by atoms with Crippen LogP contribution in [-0.4, -0.2) is 22.9 Å². The van der Waals surface area contributed by atoms with Gasteiger partial charge in [0, 0.05) is 5.69 Å². The minimum absolute atomic E-state index is 0.312. The van der Waals surface area contributed by atoms with Crippen molar-refractivity contribution in [3.05, 3.63) is 42.0 Å². The van der Waals surface area contributed by atoms with E-state index in [-0.39, 0.29) is 0 Å². The van der Waals surface area contributed by atoms with Gasteiger partial charge in [-0.05, 0) is 43.7 Å². The van der Waals surface area contributed by atoms with Crippen LogP contribution in [0.25, 0.3) is 0 Å². The Bertz CT molecular complexity index is 584. The molecule has 0 aliphatic heterocycles. The Morgan fingerprint density at radius 2 is 1.95 bits per heavy atom. The van der Waals surface area contributed by atoms with E-state index in [2.05, 4.69) is 20.8 Å². The van der Waals surface area contributed by atoms with Gasteiger partial charge in [0.05, 0.1) is 6.61 Å². The van der Waals surface area contributed by atoms with E-state index >= 15 is 0 Å². The normalized spacial score (nSPS) is 9.90. The standard InChI is InChI=1S/C14H16N4O2/c1-3-20-14(19)16-13-8-7-12(17-18-13)15-11-6-4-5-10(2)9-11/h4-9H,3H2,1-2H3,(H,15,17)(H,16,18,19). The second-order valence-corrected chi connectivity index (χ2v) is 4.14. The molecule has 0 spiro atoms. The first-order valence-electron chi connectivity index (χ1n) is 6.28. The number of benzene rings is 1. The Morgan fingerprint density at radius 1 is 1.20 bits per heavy atom. The van der Waals surface area contributed by atoms with Gasteiger partial charge in [-0.15, -0.1) is 10.2 Å². The van der Waals surface area contributed by atoms with E-state index in [1.165, 1.54) is 0 Å². The van der Waals surface area contributed by atoms with Crippen LogP contribution in [0.3, 0.4) is 0 Å². The van der Waals surface area contributed by atoms with E-state index in [0.717, 1.165) is 11.3 Å². The van der Waals surface area contributed by atoms with E-state index in [4.69, 9.17) is 4.74 Å². The molecule has 0 unspecified atom stereocenters. The molecule has 6 nitrogen and oxygen atoms in total. The molecule has 2 rings (SSSR count). The van der Waals surface area contributed by atoms with Crippen LogP contribution in [0.2, 0.25) is 0 Å². The van der Waals surface area contributed by atoms with Crippen LogP contribution in [0.5, 0.6) is 0 Å². The maximum Gasteiger partial charge on any atom is 0.412 e. The first kappa shape index (κ1) is 13.8. The molecule has 104 valence electrons. The minimum atomic E-state index is -0.541. The highest BCUT2D eigenvalue weighted by molar-refractivity contribution is 5.83. The zero-order valence-electron chi connectivity index (χ0n) is 11.4. The van der Waals surface area contributed by atoms with Gasteiger partial charge in [0.2, 0.25) is 0 Å². The summed E-state index contributed by atoms with van der Waals surface area (Å²) >= 11 is 0. The maximum absolute atomic E-state index is 11.2. The fraction of sp³-hybridized carbons (Fsp3) is 0.214. The molecule has 0 aliphatic carbocycles. The van der Waals surface area contributed by atoms with Gasteiger partial charge in [-0.3, -0.25) is 5.32 Å². The molecule has 20 heavy (non-hydrogen) atoms. The Hall–Kier alpha value is -2.63. The second kappa shape index (κ2) is 6.51. The molecule has 0 bridgehead atoms. The topological polar surface area (TPSA) is 76.1 Å². The lowest BCUT2D eigenvalue weighted by atomic mass is 10.2. The lowest BCUT2D eigenvalue weighted by Crippen LogP contribution is -2.14. The van der Waals surface area contributed by atoms with Gasteiger partial charge < -0.3 is 10.1 Å². The summed E-state index contributed by atoms with van der Waals surface area (Å²) in [6.07, 6.45) is -0.541. The van der Waals surface area contributed by atoms with Crippen molar-refractivity contribution in [1.82, 2.24) is 10.2 Å². The molecule has 2 aromatic rings. The first-order valence-corrected chi connectivity index (χ1v) is 6.28. The molecule has 1 heterocycles. The summed E-state index contributed by atoms with van der Waals surface area (Å²) < 4.78 is 4.75. The number of rotatable bonds is 4. The number of nitrogens with one attached hydrogen (secondary N) is 2. The number of carbonyl (C=O) groups is 1. The summed E-state index contributed by atoms with van der Waals surface area (Å²) in [6.45, 7) is 4.07. The molecule has 6 heteroatoms. The van der Waals surface area contributed by atoms with Crippen molar-refractivity contribution in [2.24, 2.45) is 0 Å². The summed E-state index contributed by atoms with van der Waals surface area (Å²) in [5.74, 6) is 0.947. The van der Waals surface area contributed by atoms with Crippen LogP contribution in [-0.2, 0) is 4.74 Å². The molecule has 2 N–H and O–H groups in total. The predicted molar refractivity (Wildman–Crippen MR) is 77.1 cm³/mol. The van der Waals surface area contributed by atoms with Crippen molar-refractivity contribution in [2.75, 3.05) is 17.2 Å². The zero-order valence-corrected chi connectivity index (χ0v) is 11.4. The lowest BCUT2D eigenvalue weighted by molar-refractivity contribution is 0.168. The van der Waals surface area contributed by atoms with Crippen molar-refractivity contribution in [1.29, 1.82) is 0 Å². The van der Waals surface area contributed by atoms with Gasteiger partial charge in [0.25, 0.3) is 0 Å². The molecule has 0 saturated carbocycles. The molecular formula is C14H16N4O2. The fourth-order valence-electron chi connectivity index (χ4n) is 1.61. The van der Waals surface area contributed by atoms with Gasteiger partial charge in [-0.25, -0.2) is 4.79 Å². The van der Waals surface area contributed by atoms with E-state index in [9.17, 15) is 4.79 Å². The number of carbonyl (C=O) groups excluding carboxylic acids is 1. The van der Waals surface area contributed by atoms with Crippen LogP contribution in [0.15, 0.2) is 36.4 Å². The Labute approximate surface area is 117 Å². The molecule has 0 atom stereocenters. The molecule has 0 aliphatic rings. The highest BCUT2D eigenvalue weighted by Crippen LogP contribution is 2.15. The smallest absolute Gasteiger partial charge is 0.412 e. The van der Waals surface area contributed by atoms with Crippen molar-refractivity contribution in [3.63, 3.8) is 0 Å². The van der Waals surface area contributed by atoms with Crippen LogP contribution in [0.4, 0.5) is 22.1 Å². The maximum atomic E-state index is 11.2. The number of nitrogens with zero attached hydrogens (tertiary/aromatic N) is 2. The van der Waals surface area contributed by atoms with Crippen molar-refractivity contribution in [3.8, 4) is 0 Å². The Kier molecular flexibility index (Phi) is 4.49. The number of aromatic nitrogens is 2. The lowest BCUT2D eigenvalue weighted by Gasteiger charge is -2.07. The van der Waals surface area contributed by atoms with E-state index in [1.807, 2.05) is 31.2 Å². The van der Waals surface area contributed by atoms with Crippen LogP contribution < -0.4 is 10.6 Å². The molecular weight excluding hydrogens is 256 g/mol. The number of anilines is 3. The summed E-state index contributed by atoms with van der Waals surface area (Å²) in [5, 5.41) is 13.5. The molecule has 0 fully saturated rings. The van der Waals surface area contributed by atoms with Gasteiger partial charge >= 0.3 is 6.09 Å². The predicted octanol–water partition coefficient (Wildman–Crippen LogP) is 3.10. The summed E-state index contributed by atoms with van der Waals surface area (Å²) in [6, 6.07) is 11.3. The SMILES string of the molecule is CCOC(=O)Nc1ccc(Nc2cccc(C)c2)nn1. The van der Waals surface area contributed by atoms with Gasteiger partial charge in [0.15, 0.2) is 11.6 Å². The van der Waals surface area contributed by atoms with E-state index < -0.39 is 6.09 Å². The highest BCUT2D eigenvalue weighted by atomic mass is 16.5. The number of ether oxygens (including phenoxy) is 1. The van der Waals surface area contributed by atoms with Crippen LogP contribution >= 0.6 is 0 Å². The number of hydrogen-bond donors (Lipinski definition) is 2. The van der Waals surface area contributed by atoms with Gasteiger partial charge in [-0.1, -0.05) is 12.1 Å². The number of aryl methyl sites for hydroxylation is 1. The van der Waals surface area contributed by atoms with Gasteiger partial charge in [-0.2, -0.15) is 0 Å². The first-order chi connectivity index (χ1) is 9.67. The largest absolute Gasteiger partial charge is 0.450 e. The fourth-order valence-corrected chi connectivity index (χ4v) is 1.61. The molecule has 0 radical (unpaired) electrons. The average molecular weight is 272 g/mol. The molecule has 1 aromatic carbocycles. The monoisotopic (exact) mass is 272 g/mol. The van der Waals surface area contributed by atoms with E-state index in [1.54, 1.807) is 19.1 Å².